The van der Waals surface area contributed by atoms with Crippen molar-refractivity contribution in [3.05, 3.63) is 0 Å². The van der Waals surface area contributed by atoms with E-state index >= 15 is 0 Å². The van der Waals surface area contributed by atoms with Crippen molar-refractivity contribution in [2.45, 2.75) is 39.7 Å². The van der Waals surface area contributed by atoms with E-state index in [-0.39, 0.29) is 30.3 Å². The quantitative estimate of drug-likeness (QED) is 0.760. The van der Waals surface area contributed by atoms with E-state index in [2.05, 4.69) is 13.8 Å². The number of hydrogen-bond donors (Lipinski definition) is 1. The van der Waals surface area contributed by atoms with Crippen LogP contribution in [0.4, 0.5) is 0 Å². The van der Waals surface area contributed by atoms with Crippen LogP contribution in [-0.4, -0.2) is 18.6 Å². The average molecular weight is 248 g/mol. The topological polar surface area (TPSA) is 52.3 Å². The number of ether oxygens (including phenoxy) is 1. The van der Waals surface area contributed by atoms with Crippen LogP contribution < -0.4 is 5.73 Å². The number of esters is 1. The van der Waals surface area contributed by atoms with Gasteiger partial charge in [0.15, 0.2) is 0 Å². The van der Waals surface area contributed by atoms with Gasteiger partial charge >= 0.3 is 5.97 Å². The molecule has 0 amide bonds. The molecule has 0 aromatic carbocycles. The molecule has 0 spiro atoms. The van der Waals surface area contributed by atoms with Crippen LogP contribution in [-0.2, 0) is 9.53 Å². The molecule has 4 atom stereocenters. The molecule has 94 valence electrons. The van der Waals surface area contributed by atoms with Crippen molar-refractivity contribution in [3.63, 3.8) is 0 Å². The summed E-state index contributed by atoms with van der Waals surface area (Å²) in [6, 6.07) is 0.00375. The average Bonchev–Trinajstić information content (AvgIpc) is 2.17. The highest BCUT2D eigenvalue weighted by molar-refractivity contribution is 5.85. The standard InChI is InChI=1S/C12H21NO2.ClH/c1-4-15-11(14)8-5-7-6-9(10(8)13)12(7,2)3;/h7-10H,4-6,13H2,1-3H3;1H/t7-,8?,9-,10-;/m0./s1. The van der Waals surface area contributed by atoms with Gasteiger partial charge in [-0.2, -0.15) is 0 Å². The van der Waals surface area contributed by atoms with Gasteiger partial charge in [-0.3, -0.25) is 4.79 Å². The van der Waals surface area contributed by atoms with Gasteiger partial charge in [-0.25, -0.2) is 0 Å². The van der Waals surface area contributed by atoms with Crippen molar-refractivity contribution in [1.82, 2.24) is 0 Å². The van der Waals surface area contributed by atoms with E-state index in [0.29, 0.717) is 23.9 Å². The molecule has 0 aliphatic heterocycles. The van der Waals surface area contributed by atoms with E-state index in [0.717, 1.165) is 6.42 Å². The number of carbonyl (C=O) groups is 1. The van der Waals surface area contributed by atoms with Crippen LogP contribution >= 0.6 is 12.4 Å². The minimum atomic E-state index is -0.0878. The largest absolute Gasteiger partial charge is 0.466 e. The maximum absolute atomic E-state index is 11.7. The molecule has 3 rings (SSSR count). The summed E-state index contributed by atoms with van der Waals surface area (Å²) in [5, 5.41) is 0. The SMILES string of the molecule is CCOC(=O)C1C[C@H]2C[C@@H]([C@H]1N)C2(C)C.Cl. The molecule has 0 radical (unpaired) electrons. The Labute approximate surface area is 104 Å². The summed E-state index contributed by atoms with van der Waals surface area (Å²) in [7, 11) is 0. The van der Waals surface area contributed by atoms with Gasteiger partial charge in [0.1, 0.15) is 0 Å². The lowest BCUT2D eigenvalue weighted by Crippen LogP contribution is -2.62. The highest BCUT2D eigenvalue weighted by atomic mass is 35.5. The second-order valence-electron chi connectivity index (χ2n) is 5.53. The fourth-order valence-corrected chi connectivity index (χ4v) is 3.36. The summed E-state index contributed by atoms with van der Waals surface area (Å²) in [6.45, 7) is 6.85. The van der Waals surface area contributed by atoms with Gasteiger partial charge in [0, 0.05) is 6.04 Å². The first kappa shape index (κ1) is 13.8. The zero-order valence-corrected chi connectivity index (χ0v) is 11.0. The van der Waals surface area contributed by atoms with Crippen LogP contribution in [0.3, 0.4) is 0 Å². The summed E-state index contributed by atoms with van der Waals surface area (Å²) in [6.07, 6.45) is 2.12. The Morgan fingerprint density at radius 1 is 1.44 bits per heavy atom. The molecule has 3 aliphatic rings. The van der Waals surface area contributed by atoms with E-state index in [1.54, 1.807) is 0 Å². The molecule has 0 aromatic heterocycles. The van der Waals surface area contributed by atoms with Gasteiger partial charge in [-0.05, 0) is 37.0 Å². The minimum Gasteiger partial charge on any atom is -0.466 e. The van der Waals surface area contributed by atoms with Crippen LogP contribution in [0, 0.1) is 23.2 Å². The highest BCUT2D eigenvalue weighted by Crippen LogP contribution is 2.60. The molecule has 3 saturated carbocycles. The molecule has 0 saturated heterocycles. The van der Waals surface area contributed by atoms with E-state index in [4.69, 9.17) is 10.5 Å². The molecule has 3 aliphatic carbocycles. The summed E-state index contributed by atoms with van der Waals surface area (Å²) in [5.41, 5.74) is 6.50. The normalized spacial score (nSPS) is 39.2. The van der Waals surface area contributed by atoms with Crippen molar-refractivity contribution >= 4 is 18.4 Å². The minimum absolute atomic E-state index is 0. The Kier molecular flexibility index (Phi) is 3.91. The van der Waals surface area contributed by atoms with Gasteiger partial charge in [-0.1, -0.05) is 13.8 Å². The van der Waals surface area contributed by atoms with E-state index in [1.165, 1.54) is 6.42 Å². The number of rotatable bonds is 2. The second kappa shape index (κ2) is 4.53. The number of halogens is 1. The smallest absolute Gasteiger partial charge is 0.310 e. The first-order chi connectivity index (χ1) is 6.98. The predicted octanol–water partition coefficient (Wildman–Crippen LogP) is 1.98. The predicted molar refractivity (Wildman–Crippen MR) is 65.3 cm³/mol. The lowest BCUT2D eigenvalue weighted by molar-refractivity contribution is -0.164. The Morgan fingerprint density at radius 3 is 2.50 bits per heavy atom. The molecule has 1 unspecified atom stereocenters. The van der Waals surface area contributed by atoms with E-state index in [9.17, 15) is 4.79 Å². The molecule has 4 heteroatoms. The third-order valence-electron chi connectivity index (χ3n) is 4.60. The molecular formula is C12H22ClNO2. The lowest BCUT2D eigenvalue weighted by atomic mass is 9.45. The first-order valence-electron chi connectivity index (χ1n) is 5.90. The Hall–Kier alpha value is -0.280. The lowest BCUT2D eigenvalue weighted by Gasteiger charge is -2.61. The maximum Gasteiger partial charge on any atom is 0.310 e. The van der Waals surface area contributed by atoms with Gasteiger partial charge in [0.25, 0.3) is 0 Å². The molecule has 0 heterocycles. The highest BCUT2D eigenvalue weighted by Gasteiger charge is 2.58. The van der Waals surface area contributed by atoms with Gasteiger partial charge in [-0.15, -0.1) is 12.4 Å². The second-order valence-corrected chi connectivity index (χ2v) is 5.53. The van der Waals surface area contributed by atoms with Crippen LogP contribution in [0.25, 0.3) is 0 Å². The van der Waals surface area contributed by atoms with Crippen LogP contribution in [0.15, 0.2) is 0 Å². The van der Waals surface area contributed by atoms with Crippen LogP contribution in [0.2, 0.25) is 0 Å². The first-order valence-corrected chi connectivity index (χ1v) is 5.90. The third-order valence-corrected chi connectivity index (χ3v) is 4.60. The van der Waals surface area contributed by atoms with Crippen molar-refractivity contribution < 1.29 is 9.53 Å². The molecule has 2 N–H and O–H groups in total. The van der Waals surface area contributed by atoms with E-state index in [1.807, 2.05) is 6.92 Å². The summed E-state index contributed by atoms with van der Waals surface area (Å²) < 4.78 is 5.07. The zero-order valence-electron chi connectivity index (χ0n) is 10.2. The fraction of sp³-hybridized carbons (Fsp3) is 0.917. The van der Waals surface area contributed by atoms with Crippen molar-refractivity contribution in [2.75, 3.05) is 6.61 Å². The Balaban J connectivity index is 0.00000128. The fourth-order valence-electron chi connectivity index (χ4n) is 3.36. The summed E-state index contributed by atoms with van der Waals surface area (Å²) >= 11 is 0. The maximum atomic E-state index is 11.7. The zero-order chi connectivity index (χ0) is 11.2. The van der Waals surface area contributed by atoms with E-state index < -0.39 is 0 Å². The Bertz CT molecular complexity index is 280. The number of fused-ring (bicyclic) bond motifs is 2. The molecule has 0 aromatic rings. The van der Waals surface area contributed by atoms with Gasteiger partial charge < -0.3 is 10.5 Å². The van der Waals surface area contributed by atoms with Crippen LogP contribution in [0.1, 0.15) is 33.6 Å². The number of hydrogen-bond acceptors (Lipinski definition) is 3. The molecule has 3 nitrogen and oxygen atoms in total. The number of nitrogens with two attached hydrogens (primary N) is 1. The number of carbonyl (C=O) groups excluding carboxylic acids is 1. The third kappa shape index (κ3) is 1.84. The Morgan fingerprint density at radius 2 is 2.06 bits per heavy atom. The summed E-state index contributed by atoms with van der Waals surface area (Å²) in [5.74, 6) is 1.03. The monoisotopic (exact) mass is 247 g/mol. The molecule has 2 bridgehead atoms. The molecular weight excluding hydrogens is 226 g/mol. The van der Waals surface area contributed by atoms with Crippen molar-refractivity contribution in [2.24, 2.45) is 28.9 Å². The van der Waals surface area contributed by atoms with Crippen LogP contribution in [0.5, 0.6) is 0 Å². The molecule has 3 fully saturated rings. The van der Waals surface area contributed by atoms with Crippen molar-refractivity contribution in [3.8, 4) is 0 Å². The van der Waals surface area contributed by atoms with Gasteiger partial charge in [0.2, 0.25) is 0 Å². The van der Waals surface area contributed by atoms with Crippen molar-refractivity contribution in [1.29, 1.82) is 0 Å². The van der Waals surface area contributed by atoms with Gasteiger partial charge in [0.05, 0.1) is 12.5 Å². The summed E-state index contributed by atoms with van der Waals surface area (Å²) in [4.78, 5) is 11.7. The molecule has 16 heavy (non-hydrogen) atoms.